The summed E-state index contributed by atoms with van der Waals surface area (Å²) in [6.07, 6.45) is 3.38. The molecule has 1 heterocycles. The van der Waals surface area contributed by atoms with Crippen molar-refractivity contribution >= 4 is 5.78 Å². The van der Waals surface area contributed by atoms with Gasteiger partial charge in [-0.3, -0.25) is 4.79 Å². The minimum Gasteiger partial charge on any atom is -0.494 e. The maximum atomic E-state index is 13.2. The molecule has 0 spiro atoms. The van der Waals surface area contributed by atoms with Crippen LogP contribution in [-0.4, -0.2) is 22.9 Å². The molecule has 0 fully saturated rings. The Morgan fingerprint density at radius 1 is 1.53 bits per heavy atom. The molecule has 1 N–H and O–H groups in total. The third-order valence-electron chi connectivity index (χ3n) is 2.36. The first-order valence-corrected chi connectivity index (χ1v) is 5.05. The molecule has 17 heavy (non-hydrogen) atoms. The molecule has 2 aromatic rings. The molecule has 0 saturated carbocycles. The van der Waals surface area contributed by atoms with E-state index in [1.807, 2.05) is 0 Å². The van der Waals surface area contributed by atoms with E-state index >= 15 is 0 Å². The lowest BCUT2D eigenvalue weighted by Gasteiger charge is -2.04. The van der Waals surface area contributed by atoms with Crippen LogP contribution in [-0.2, 0) is 6.42 Å². The average Bonchev–Trinajstić information content (AvgIpc) is 2.82. The number of hydrogen-bond donors (Lipinski definition) is 1. The Labute approximate surface area is 97.5 Å². The number of hydrogen-bond acceptors (Lipinski definition) is 3. The molecule has 1 aromatic heterocycles. The molecular formula is C12H11FN2O2. The van der Waals surface area contributed by atoms with E-state index in [0.717, 1.165) is 0 Å². The predicted octanol–water partition coefficient (Wildman–Crippen LogP) is 1.98. The lowest BCUT2D eigenvalue weighted by molar-refractivity contribution is 0.0990. The number of nitrogens with one attached hydrogen (secondary N) is 1. The van der Waals surface area contributed by atoms with Crippen LogP contribution in [0.1, 0.15) is 16.2 Å². The first-order chi connectivity index (χ1) is 8.20. The number of ether oxygens (including phenoxy) is 1. The summed E-state index contributed by atoms with van der Waals surface area (Å²) in [5.41, 5.74) is 0.402. The van der Waals surface area contributed by atoms with Crippen molar-refractivity contribution in [2.45, 2.75) is 6.42 Å². The van der Waals surface area contributed by atoms with E-state index < -0.39 is 5.82 Å². The number of carbonyl (C=O) groups is 1. The van der Waals surface area contributed by atoms with E-state index in [0.29, 0.717) is 11.4 Å². The zero-order chi connectivity index (χ0) is 12.3. The monoisotopic (exact) mass is 234 g/mol. The van der Waals surface area contributed by atoms with Crippen molar-refractivity contribution in [1.82, 2.24) is 9.97 Å². The molecule has 0 saturated heterocycles. The van der Waals surface area contributed by atoms with Gasteiger partial charge in [0.1, 0.15) is 5.82 Å². The number of ketones is 1. The molecule has 1 aromatic carbocycles. The molecule has 5 heteroatoms. The highest BCUT2D eigenvalue weighted by atomic mass is 19.1. The summed E-state index contributed by atoms with van der Waals surface area (Å²) in [6.45, 7) is 0. The number of halogens is 1. The second kappa shape index (κ2) is 4.78. The Morgan fingerprint density at radius 2 is 2.35 bits per heavy atom. The minimum absolute atomic E-state index is 0.0651. The molecule has 0 bridgehead atoms. The van der Waals surface area contributed by atoms with Crippen LogP contribution in [0.5, 0.6) is 5.75 Å². The Balaban J connectivity index is 2.19. The lowest BCUT2D eigenvalue weighted by atomic mass is 10.1. The van der Waals surface area contributed by atoms with Gasteiger partial charge in [0.15, 0.2) is 17.3 Å². The SMILES string of the molecule is COc1cc(C(=O)Cc2ncc[nH]2)ccc1F. The number of imidazole rings is 1. The maximum absolute atomic E-state index is 13.2. The van der Waals surface area contributed by atoms with Crippen LogP contribution in [0.4, 0.5) is 4.39 Å². The van der Waals surface area contributed by atoms with Crippen molar-refractivity contribution < 1.29 is 13.9 Å². The first kappa shape index (κ1) is 11.3. The fraction of sp³-hybridized carbons (Fsp3) is 0.167. The average molecular weight is 234 g/mol. The van der Waals surface area contributed by atoms with E-state index in [1.165, 1.54) is 25.3 Å². The molecule has 4 nitrogen and oxygen atoms in total. The van der Waals surface area contributed by atoms with E-state index in [1.54, 1.807) is 12.4 Å². The molecule has 2 rings (SSSR count). The molecule has 0 unspecified atom stereocenters. The minimum atomic E-state index is -0.484. The fourth-order valence-corrected chi connectivity index (χ4v) is 1.48. The highest BCUT2D eigenvalue weighted by Gasteiger charge is 2.11. The zero-order valence-corrected chi connectivity index (χ0v) is 9.24. The number of rotatable bonds is 4. The third kappa shape index (κ3) is 2.50. The molecule has 0 aliphatic heterocycles. The summed E-state index contributed by atoms with van der Waals surface area (Å²) in [7, 11) is 1.36. The third-order valence-corrected chi connectivity index (χ3v) is 2.36. The van der Waals surface area contributed by atoms with Crippen molar-refractivity contribution in [3.63, 3.8) is 0 Å². The second-order valence-electron chi connectivity index (χ2n) is 3.49. The molecular weight excluding hydrogens is 223 g/mol. The van der Waals surface area contributed by atoms with Gasteiger partial charge in [0.05, 0.1) is 13.5 Å². The Morgan fingerprint density at radius 3 is 3.00 bits per heavy atom. The maximum Gasteiger partial charge on any atom is 0.170 e. The van der Waals surface area contributed by atoms with Gasteiger partial charge in [-0.2, -0.15) is 0 Å². The highest BCUT2D eigenvalue weighted by Crippen LogP contribution is 2.19. The molecule has 0 radical (unpaired) electrons. The van der Waals surface area contributed by atoms with Crippen molar-refractivity contribution in [1.29, 1.82) is 0 Å². The predicted molar refractivity (Wildman–Crippen MR) is 59.6 cm³/mol. The van der Waals surface area contributed by atoms with Gasteiger partial charge in [-0.25, -0.2) is 9.37 Å². The lowest BCUT2D eigenvalue weighted by Crippen LogP contribution is -2.05. The number of methoxy groups -OCH3 is 1. The zero-order valence-electron chi connectivity index (χ0n) is 9.24. The molecule has 0 amide bonds. The summed E-state index contributed by atoms with van der Waals surface area (Å²) >= 11 is 0. The fourth-order valence-electron chi connectivity index (χ4n) is 1.48. The number of H-pyrrole nitrogens is 1. The van der Waals surface area contributed by atoms with E-state index in [9.17, 15) is 9.18 Å². The quantitative estimate of drug-likeness (QED) is 0.823. The van der Waals surface area contributed by atoms with Crippen LogP contribution in [0.2, 0.25) is 0 Å². The van der Waals surface area contributed by atoms with Crippen LogP contribution in [0.15, 0.2) is 30.6 Å². The van der Waals surface area contributed by atoms with Gasteiger partial charge in [0.25, 0.3) is 0 Å². The van der Waals surface area contributed by atoms with E-state index in [-0.39, 0.29) is 18.0 Å². The Kier molecular flexibility index (Phi) is 3.18. The molecule has 88 valence electrons. The van der Waals surface area contributed by atoms with Gasteiger partial charge >= 0.3 is 0 Å². The normalized spacial score (nSPS) is 10.2. The van der Waals surface area contributed by atoms with Crippen molar-refractivity contribution in [3.05, 3.63) is 47.8 Å². The van der Waals surface area contributed by atoms with Crippen molar-refractivity contribution in [2.75, 3.05) is 7.11 Å². The first-order valence-electron chi connectivity index (χ1n) is 5.05. The second-order valence-corrected chi connectivity index (χ2v) is 3.49. The summed E-state index contributed by atoms with van der Waals surface area (Å²) in [4.78, 5) is 18.7. The van der Waals surface area contributed by atoms with Crippen LogP contribution in [0.3, 0.4) is 0 Å². The topological polar surface area (TPSA) is 55.0 Å². The van der Waals surface area contributed by atoms with Gasteiger partial charge in [-0.15, -0.1) is 0 Å². The van der Waals surface area contributed by atoms with Gasteiger partial charge in [-0.05, 0) is 18.2 Å². The molecule has 0 atom stereocenters. The van der Waals surface area contributed by atoms with Gasteiger partial charge in [0.2, 0.25) is 0 Å². The van der Waals surface area contributed by atoms with Gasteiger partial charge in [0, 0.05) is 18.0 Å². The van der Waals surface area contributed by atoms with Gasteiger partial charge < -0.3 is 9.72 Å². The van der Waals surface area contributed by atoms with Crippen LogP contribution in [0.25, 0.3) is 0 Å². The summed E-state index contributed by atoms with van der Waals surface area (Å²) < 4.78 is 18.0. The molecule has 0 aliphatic carbocycles. The number of benzene rings is 1. The highest BCUT2D eigenvalue weighted by molar-refractivity contribution is 5.97. The number of aromatic amines is 1. The van der Waals surface area contributed by atoms with Crippen LogP contribution >= 0.6 is 0 Å². The Bertz CT molecular complexity index is 523. The van der Waals surface area contributed by atoms with Crippen molar-refractivity contribution in [3.8, 4) is 5.75 Å². The van der Waals surface area contributed by atoms with E-state index in [2.05, 4.69) is 9.97 Å². The molecule has 0 aliphatic rings. The summed E-state index contributed by atoms with van der Waals surface area (Å²) in [6, 6.07) is 4.04. The number of nitrogens with zero attached hydrogens (tertiary/aromatic N) is 1. The largest absolute Gasteiger partial charge is 0.494 e. The van der Waals surface area contributed by atoms with Crippen LogP contribution in [0, 0.1) is 5.82 Å². The summed E-state index contributed by atoms with van der Waals surface area (Å²) in [5, 5.41) is 0. The van der Waals surface area contributed by atoms with Crippen LogP contribution < -0.4 is 4.74 Å². The number of aromatic nitrogens is 2. The number of carbonyl (C=O) groups excluding carboxylic acids is 1. The number of Topliss-reactive ketones (excluding diaryl/α,β-unsaturated/α-hetero) is 1. The van der Waals surface area contributed by atoms with E-state index in [4.69, 9.17) is 4.74 Å². The van der Waals surface area contributed by atoms with Crippen molar-refractivity contribution in [2.24, 2.45) is 0 Å². The summed E-state index contributed by atoms with van der Waals surface area (Å²) in [5.74, 6) is 0.0221. The smallest absolute Gasteiger partial charge is 0.170 e. The standard InChI is InChI=1S/C12H11FN2O2/c1-17-11-6-8(2-3-9(11)13)10(16)7-12-14-4-5-15-12/h2-6H,7H2,1H3,(H,14,15). The Hall–Kier alpha value is -2.17. The van der Waals surface area contributed by atoms with Gasteiger partial charge in [-0.1, -0.05) is 0 Å².